The highest BCUT2D eigenvalue weighted by Crippen LogP contribution is 2.39. The molecule has 0 radical (unpaired) electrons. The fourth-order valence-electron chi connectivity index (χ4n) is 3.04. The van der Waals surface area contributed by atoms with Gasteiger partial charge in [-0.25, -0.2) is 0 Å². The molecule has 0 amide bonds. The van der Waals surface area contributed by atoms with E-state index >= 15 is 0 Å². The Kier molecular flexibility index (Phi) is 4.57. The van der Waals surface area contributed by atoms with Crippen molar-refractivity contribution in [3.63, 3.8) is 0 Å². The van der Waals surface area contributed by atoms with Gasteiger partial charge in [-0.15, -0.1) is 0 Å². The van der Waals surface area contributed by atoms with Crippen molar-refractivity contribution in [2.75, 3.05) is 31.1 Å². The predicted molar refractivity (Wildman–Crippen MR) is 94.2 cm³/mol. The van der Waals surface area contributed by atoms with Crippen LogP contribution >= 0.6 is 23.2 Å². The molecule has 1 saturated heterocycles. The number of aromatic nitrogens is 1. The van der Waals surface area contributed by atoms with Crippen LogP contribution in [-0.2, 0) is 0 Å². The quantitative estimate of drug-likeness (QED) is 0.896. The van der Waals surface area contributed by atoms with Gasteiger partial charge in [-0.3, -0.25) is 4.98 Å². The van der Waals surface area contributed by atoms with Gasteiger partial charge in [0, 0.05) is 43.0 Å². The molecule has 0 bridgehead atoms. The number of halogens is 2. The third kappa shape index (κ3) is 2.81. The molecule has 3 rings (SSSR count). The van der Waals surface area contributed by atoms with Crippen LogP contribution in [0.15, 0.2) is 24.4 Å². The third-order valence-corrected chi connectivity index (χ3v) is 5.00. The zero-order chi connectivity index (χ0) is 15.7. The molecule has 0 saturated carbocycles. The maximum atomic E-state index is 6.43. The van der Waals surface area contributed by atoms with Crippen molar-refractivity contribution >= 4 is 28.9 Å². The van der Waals surface area contributed by atoms with E-state index in [0.717, 1.165) is 43.0 Å². The number of nitrogens with one attached hydrogen (secondary N) is 1. The van der Waals surface area contributed by atoms with Crippen molar-refractivity contribution in [2.45, 2.75) is 13.8 Å². The first-order valence-electron chi connectivity index (χ1n) is 7.46. The molecule has 5 heteroatoms. The van der Waals surface area contributed by atoms with Gasteiger partial charge in [0.15, 0.2) is 0 Å². The van der Waals surface area contributed by atoms with Gasteiger partial charge < -0.3 is 10.2 Å². The van der Waals surface area contributed by atoms with E-state index in [1.807, 2.05) is 31.3 Å². The molecule has 0 unspecified atom stereocenters. The highest BCUT2D eigenvalue weighted by atomic mass is 35.5. The third-order valence-electron chi connectivity index (χ3n) is 4.18. The molecular formula is C17H19Cl2N3. The first-order valence-corrected chi connectivity index (χ1v) is 8.21. The number of pyridine rings is 1. The summed E-state index contributed by atoms with van der Waals surface area (Å²) in [6.07, 6.45) is 1.97. The molecule has 1 aromatic heterocycles. The van der Waals surface area contributed by atoms with E-state index in [9.17, 15) is 0 Å². The fraction of sp³-hybridized carbons (Fsp3) is 0.353. The Morgan fingerprint density at radius 3 is 2.59 bits per heavy atom. The molecule has 1 aromatic carbocycles. The summed E-state index contributed by atoms with van der Waals surface area (Å²) in [6, 6.07) is 5.75. The van der Waals surface area contributed by atoms with Crippen LogP contribution in [-0.4, -0.2) is 31.2 Å². The number of piperazine rings is 1. The molecule has 2 heterocycles. The number of aryl methyl sites for hydroxylation is 1. The molecule has 1 N–H and O–H groups in total. The lowest BCUT2D eigenvalue weighted by atomic mass is 9.97. The summed E-state index contributed by atoms with van der Waals surface area (Å²) in [5.74, 6) is 0. The topological polar surface area (TPSA) is 28.2 Å². The Labute approximate surface area is 141 Å². The Morgan fingerprint density at radius 2 is 1.86 bits per heavy atom. The van der Waals surface area contributed by atoms with Crippen molar-refractivity contribution in [1.29, 1.82) is 0 Å². The Bertz CT molecular complexity index is 695. The van der Waals surface area contributed by atoms with Crippen molar-refractivity contribution in [1.82, 2.24) is 10.3 Å². The fourth-order valence-corrected chi connectivity index (χ4v) is 3.43. The van der Waals surface area contributed by atoms with Crippen LogP contribution in [0.5, 0.6) is 0 Å². The second kappa shape index (κ2) is 6.45. The minimum Gasteiger partial charge on any atom is -0.368 e. The van der Waals surface area contributed by atoms with Crippen LogP contribution in [0.3, 0.4) is 0 Å². The minimum absolute atomic E-state index is 0.575. The van der Waals surface area contributed by atoms with Crippen molar-refractivity contribution in [3.05, 3.63) is 45.7 Å². The van der Waals surface area contributed by atoms with Gasteiger partial charge in [0.2, 0.25) is 0 Å². The molecule has 3 nitrogen and oxygen atoms in total. The van der Waals surface area contributed by atoms with E-state index in [0.29, 0.717) is 10.0 Å². The van der Waals surface area contributed by atoms with E-state index in [1.165, 1.54) is 11.3 Å². The molecule has 22 heavy (non-hydrogen) atoms. The first kappa shape index (κ1) is 15.6. The molecule has 2 aromatic rings. The number of rotatable bonds is 2. The van der Waals surface area contributed by atoms with Gasteiger partial charge in [0.1, 0.15) is 0 Å². The van der Waals surface area contributed by atoms with Gasteiger partial charge in [-0.1, -0.05) is 35.3 Å². The number of benzene rings is 1. The van der Waals surface area contributed by atoms with Gasteiger partial charge in [0.25, 0.3) is 0 Å². The lowest BCUT2D eigenvalue weighted by Gasteiger charge is -2.31. The van der Waals surface area contributed by atoms with Crippen LogP contribution in [0.2, 0.25) is 10.0 Å². The highest BCUT2D eigenvalue weighted by Gasteiger charge is 2.19. The van der Waals surface area contributed by atoms with E-state index in [2.05, 4.69) is 22.1 Å². The monoisotopic (exact) mass is 335 g/mol. The Hall–Kier alpha value is -1.29. The van der Waals surface area contributed by atoms with Crippen molar-refractivity contribution < 1.29 is 0 Å². The van der Waals surface area contributed by atoms with Gasteiger partial charge >= 0.3 is 0 Å². The Balaban J connectivity index is 2.13. The molecule has 1 fully saturated rings. The summed E-state index contributed by atoms with van der Waals surface area (Å²) in [6.45, 7) is 8.14. The molecule has 116 valence electrons. The molecule has 0 aliphatic carbocycles. The summed E-state index contributed by atoms with van der Waals surface area (Å²) >= 11 is 12.6. The summed E-state index contributed by atoms with van der Waals surface area (Å²) in [5, 5.41) is 4.54. The number of anilines is 1. The molecule has 0 spiro atoms. The number of hydrogen-bond donors (Lipinski definition) is 1. The average molecular weight is 336 g/mol. The van der Waals surface area contributed by atoms with Crippen LogP contribution in [0.1, 0.15) is 11.3 Å². The molecule has 1 aliphatic rings. The summed E-state index contributed by atoms with van der Waals surface area (Å²) in [7, 11) is 0. The summed E-state index contributed by atoms with van der Waals surface area (Å²) in [4.78, 5) is 6.97. The standard InChI is InChI=1S/C17H19Cl2N3/c1-11-15(22-8-6-20-7-9-22)10-21-12(2)16(11)13-4-3-5-14(18)17(13)19/h3-5,10,20H,6-9H2,1-2H3. The molecule has 1 aliphatic heterocycles. The largest absolute Gasteiger partial charge is 0.368 e. The highest BCUT2D eigenvalue weighted by molar-refractivity contribution is 6.43. The van der Waals surface area contributed by atoms with Crippen LogP contribution < -0.4 is 10.2 Å². The van der Waals surface area contributed by atoms with E-state index in [4.69, 9.17) is 23.2 Å². The van der Waals surface area contributed by atoms with Crippen molar-refractivity contribution in [3.8, 4) is 11.1 Å². The Morgan fingerprint density at radius 1 is 1.14 bits per heavy atom. The number of hydrogen-bond acceptors (Lipinski definition) is 3. The first-order chi connectivity index (χ1) is 10.6. The summed E-state index contributed by atoms with van der Waals surface area (Å²) < 4.78 is 0. The minimum atomic E-state index is 0.575. The van der Waals surface area contributed by atoms with Crippen LogP contribution in [0.4, 0.5) is 5.69 Å². The van der Waals surface area contributed by atoms with Gasteiger partial charge in [0.05, 0.1) is 21.9 Å². The van der Waals surface area contributed by atoms with E-state index in [1.54, 1.807) is 0 Å². The smallest absolute Gasteiger partial charge is 0.0671 e. The maximum Gasteiger partial charge on any atom is 0.0671 e. The van der Waals surface area contributed by atoms with E-state index < -0.39 is 0 Å². The van der Waals surface area contributed by atoms with Crippen LogP contribution in [0.25, 0.3) is 11.1 Å². The van der Waals surface area contributed by atoms with Gasteiger partial charge in [-0.05, 0) is 25.5 Å². The molecular weight excluding hydrogens is 317 g/mol. The second-order valence-electron chi connectivity index (χ2n) is 5.57. The van der Waals surface area contributed by atoms with Gasteiger partial charge in [-0.2, -0.15) is 0 Å². The average Bonchev–Trinajstić information content (AvgIpc) is 2.52. The zero-order valence-corrected chi connectivity index (χ0v) is 14.3. The lowest BCUT2D eigenvalue weighted by molar-refractivity contribution is 0.588. The number of nitrogens with zero attached hydrogens (tertiary/aromatic N) is 2. The predicted octanol–water partition coefficient (Wildman–Crippen LogP) is 4.08. The normalized spacial score (nSPS) is 15.2. The zero-order valence-electron chi connectivity index (χ0n) is 12.8. The van der Waals surface area contributed by atoms with Crippen molar-refractivity contribution in [2.24, 2.45) is 0 Å². The SMILES string of the molecule is Cc1ncc(N2CCNCC2)c(C)c1-c1cccc(Cl)c1Cl. The van der Waals surface area contributed by atoms with Crippen LogP contribution in [0, 0.1) is 13.8 Å². The van der Waals surface area contributed by atoms with E-state index in [-0.39, 0.29) is 0 Å². The summed E-state index contributed by atoms with van der Waals surface area (Å²) in [5.41, 5.74) is 5.40. The second-order valence-corrected chi connectivity index (χ2v) is 6.35. The molecule has 0 atom stereocenters. The lowest BCUT2D eigenvalue weighted by Crippen LogP contribution is -2.43. The maximum absolute atomic E-state index is 6.43.